The number of hydrogen-bond donors (Lipinski definition) is 1. The highest BCUT2D eigenvalue weighted by molar-refractivity contribution is 5.87. The van der Waals surface area contributed by atoms with Gasteiger partial charge in [0.25, 0.3) is 0 Å². The van der Waals surface area contributed by atoms with E-state index in [-0.39, 0.29) is 17.3 Å². The van der Waals surface area contributed by atoms with Crippen molar-refractivity contribution in [1.82, 2.24) is 4.90 Å². The molecule has 4 nitrogen and oxygen atoms in total. The number of benzene rings is 3. The number of aromatic hydroxyl groups is 1. The minimum Gasteiger partial charge on any atom is -0.508 e. The van der Waals surface area contributed by atoms with Crippen LogP contribution in [0.15, 0.2) is 83.9 Å². The summed E-state index contributed by atoms with van der Waals surface area (Å²) >= 11 is 0. The summed E-state index contributed by atoms with van der Waals surface area (Å²) in [7, 11) is 0. The molecule has 5 rings (SSSR count). The van der Waals surface area contributed by atoms with Crippen LogP contribution in [-0.4, -0.2) is 41.6 Å². The standard InChI is InChI=1S/C29H32N2O2/c1-29(22-8-3-2-4-9-22,23-11-15-25(32)16-12-23)24-13-17-26(18-14-24)33-27-10-5-6-20-31-21-7-19-30-28(27)31/h2-4,8-9,11-18,27,32H,5-7,10,19-21H2,1H3. The van der Waals surface area contributed by atoms with E-state index in [1.165, 1.54) is 24.0 Å². The van der Waals surface area contributed by atoms with Crippen molar-refractivity contribution in [2.24, 2.45) is 4.99 Å². The zero-order chi connectivity index (χ0) is 22.7. The average molecular weight is 441 g/mol. The van der Waals surface area contributed by atoms with E-state index >= 15 is 0 Å². The Bertz CT molecular complexity index is 1090. The topological polar surface area (TPSA) is 45.1 Å². The van der Waals surface area contributed by atoms with Crippen LogP contribution in [0.5, 0.6) is 11.5 Å². The van der Waals surface area contributed by atoms with Crippen LogP contribution in [0.25, 0.3) is 0 Å². The van der Waals surface area contributed by atoms with Crippen molar-refractivity contribution < 1.29 is 9.84 Å². The SMILES string of the molecule is CC(c1ccccc1)(c1ccc(O)cc1)c1ccc(OC2CCCCN3CCCN=C23)cc1. The second-order valence-electron chi connectivity index (χ2n) is 9.25. The van der Waals surface area contributed by atoms with Gasteiger partial charge in [-0.15, -0.1) is 0 Å². The fourth-order valence-electron chi connectivity index (χ4n) is 5.17. The second-order valence-corrected chi connectivity index (χ2v) is 9.25. The van der Waals surface area contributed by atoms with Crippen LogP contribution in [0, 0.1) is 0 Å². The fourth-order valence-corrected chi connectivity index (χ4v) is 5.17. The molecule has 0 spiro atoms. The van der Waals surface area contributed by atoms with Gasteiger partial charge in [0.1, 0.15) is 17.3 Å². The number of nitrogens with zero attached hydrogens (tertiary/aromatic N) is 2. The van der Waals surface area contributed by atoms with Crippen molar-refractivity contribution >= 4 is 5.84 Å². The molecule has 2 aliphatic rings. The molecule has 1 fully saturated rings. The summed E-state index contributed by atoms with van der Waals surface area (Å²) in [6, 6.07) is 26.6. The number of phenols is 1. The minimum absolute atomic E-state index is 0.0382. The Morgan fingerprint density at radius 1 is 0.818 bits per heavy atom. The monoisotopic (exact) mass is 440 g/mol. The molecule has 0 aromatic heterocycles. The summed E-state index contributed by atoms with van der Waals surface area (Å²) < 4.78 is 6.49. The van der Waals surface area contributed by atoms with E-state index in [0.717, 1.165) is 49.6 Å². The molecule has 2 atom stereocenters. The van der Waals surface area contributed by atoms with E-state index in [1.807, 2.05) is 18.2 Å². The van der Waals surface area contributed by atoms with Gasteiger partial charge < -0.3 is 14.7 Å². The molecular weight excluding hydrogens is 408 g/mol. The van der Waals surface area contributed by atoms with Crippen LogP contribution in [0.4, 0.5) is 0 Å². The molecule has 170 valence electrons. The van der Waals surface area contributed by atoms with Gasteiger partial charge in [-0.2, -0.15) is 0 Å². The van der Waals surface area contributed by atoms with E-state index < -0.39 is 0 Å². The Balaban J connectivity index is 1.45. The maximum absolute atomic E-state index is 9.83. The molecule has 0 bridgehead atoms. The predicted octanol–water partition coefficient (Wildman–Crippen LogP) is 5.78. The van der Waals surface area contributed by atoms with Gasteiger partial charge in [0.05, 0.1) is 0 Å². The molecule has 1 saturated heterocycles. The molecule has 3 aromatic rings. The van der Waals surface area contributed by atoms with Crippen molar-refractivity contribution in [2.75, 3.05) is 19.6 Å². The first-order valence-corrected chi connectivity index (χ1v) is 12.1. The molecule has 33 heavy (non-hydrogen) atoms. The number of rotatable bonds is 5. The maximum atomic E-state index is 9.83. The number of aliphatic imine (C=N–C) groups is 1. The lowest BCUT2D eigenvalue weighted by Gasteiger charge is -2.33. The van der Waals surface area contributed by atoms with Crippen LogP contribution in [-0.2, 0) is 5.41 Å². The highest BCUT2D eigenvalue weighted by Gasteiger charge is 2.32. The lowest BCUT2D eigenvalue weighted by molar-refractivity contribution is 0.239. The highest BCUT2D eigenvalue weighted by Crippen LogP contribution is 2.40. The van der Waals surface area contributed by atoms with Gasteiger partial charge in [0, 0.05) is 25.0 Å². The fraction of sp³-hybridized carbons (Fsp3) is 0.345. The quantitative estimate of drug-likeness (QED) is 0.512. The Kier molecular flexibility index (Phi) is 6.08. The lowest BCUT2D eigenvalue weighted by Crippen LogP contribution is -2.43. The van der Waals surface area contributed by atoms with E-state index in [9.17, 15) is 5.11 Å². The number of ether oxygens (including phenoxy) is 1. The van der Waals surface area contributed by atoms with Gasteiger partial charge in [0.15, 0.2) is 6.10 Å². The molecule has 0 radical (unpaired) electrons. The van der Waals surface area contributed by atoms with Gasteiger partial charge in [-0.1, -0.05) is 54.6 Å². The zero-order valence-electron chi connectivity index (χ0n) is 19.3. The minimum atomic E-state index is -0.347. The van der Waals surface area contributed by atoms with Crippen molar-refractivity contribution in [3.8, 4) is 11.5 Å². The van der Waals surface area contributed by atoms with Crippen LogP contribution >= 0.6 is 0 Å². The van der Waals surface area contributed by atoms with Crippen LogP contribution in [0.1, 0.15) is 49.3 Å². The van der Waals surface area contributed by atoms with Crippen molar-refractivity contribution in [3.05, 3.63) is 95.6 Å². The third kappa shape index (κ3) is 4.35. The van der Waals surface area contributed by atoms with Crippen LogP contribution in [0.2, 0.25) is 0 Å². The predicted molar refractivity (Wildman–Crippen MR) is 133 cm³/mol. The van der Waals surface area contributed by atoms with Gasteiger partial charge in [-0.3, -0.25) is 4.99 Å². The first kappa shape index (κ1) is 21.6. The number of amidine groups is 1. The summed E-state index contributed by atoms with van der Waals surface area (Å²) in [5.74, 6) is 2.31. The largest absolute Gasteiger partial charge is 0.508 e. The first-order chi connectivity index (χ1) is 16.1. The van der Waals surface area contributed by atoms with E-state index in [0.29, 0.717) is 0 Å². The van der Waals surface area contributed by atoms with Crippen molar-refractivity contribution in [1.29, 1.82) is 0 Å². The summed E-state index contributed by atoms with van der Waals surface area (Å²) in [5.41, 5.74) is 3.18. The van der Waals surface area contributed by atoms with E-state index in [2.05, 4.69) is 60.4 Å². The summed E-state index contributed by atoms with van der Waals surface area (Å²) in [6.45, 7) is 5.34. The van der Waals surface area contributed by atoms with Gasteiger partial charge in [-0.25, -0.2) is 0 Å². The molecule has 3 aromatic carbocycles. The lowest BCUT2D eigenvalue weighted by atomic mass is 9.71. The number of fused-ring (bicyclic) bond motifs is 1. The first-order valence-electron chi connectivity index (χ1n) is 12.1. The van der Waals surface area contributed by atoms with Crippen LogP contribution < -0.4 is 4.74 Å². The van der Waals surface area contributed by atoms with Gasteiger partial charge >= 0.3 is 0 Å². The second kappa shape index (κ2) is 9.30. The molecule has 2 aliphatic heterocycles. The van der Waals surface area contributed by atoms with Crippen molar-refractivity contribution in [3.63, 3.8) is 0 Å². The third-order valence-corrected chi connectivity index (χ3v) is 7.12. The molecule has 0 saturated carbocycles. The summed E-state index contributed by atoms with van der Waals surface area (Å²) in [6.07, 6.45) is 4.58. The van der Waals surface area contributed by atoms with Crippen LogP contribution in [0.3, 0.4) is 0 Å². The Morgan fingerprint density at radius 2 is 1.45 bits per heavy atom. The number of hydrogen-bond acceptors (Lipinski definition) is 4. The Hall–Kier alpha value is -3.27. The highest BCUT2D eigenvalue weighted by atomic mass is 16.5. The summed E-state index contributed by atoms with van der Waals surface area (Å²) in [4.78, 5) is 7.25. The van der Waals surface area contributed by atoms with E-state index in [4.69, 9.17) is 9.73 Å². The Labute approximate surface area is 196 Å². The third-order valence-electron chi connectivity index (χ3n) is 7.12. The van der Waals surface area contributed by atoms with Gasteiger partial charge in [0.2, 0.25) is 0 Å². The van der Waals surface area contributed by atoms with Crippen molar-refractivity contribution in [2.45, 2.75) is 44.1 Å². The number of phenolic OH excluding ortho intramolecular Hbond substituents is 1. The van der Waals surface area contributed by atoms with E-state index in [1.54, 1.807) is 12.1 Å². The normalized spacial score (nSPS) is 20.2. The molecule has 2 unspecified atom stereocenters. The zero-order valence-corrected chi connectivity index (χ0v) is 19.3. The molecule has 4 heteroatoms. The smallest absolute Gasteiger partial charge is 0.155 e. The molecule has 0 amide bonds. The summed E-state index contributed by atoms with van der Waals surface area (Å²) in [5, 5.41) is 9.83. The average Bonchev–Trinajstić information content (AvgIpc) is 3.07. The molecule has 2 heterocycles. The van der Waals surface area contributed by atoms with Gasteiger partial charge in [-0.05, 0) is 73.6 Å². The molecular formula is C29H32N2O2. The molecule has 1 N–H and O–H groups in total. The molecule has 0 aliphatic carbocycles. The Morgan fingerprint density at radius 3 is 2.18 bits per heavy atom. The maximum Gasteiger partial charge on any atom is 0.155 e.